The quantitative estimate of drug-likeness (QED) is 0.624. The van der Waals surface area contributed by atoms with Gasteiger partial charge in [-0.25, -0.2) is 0 Å². The van der Waals surface area contributed by atoms with E-state index in [9.17, 15) is 22.8 Å². The average molecular weight is 486 g/mol. The number of rotatable bonds is 3. The first-order valence-electron chi connectivity index (χ1n) is 13.3. The number of carbonyl (C=O) groups is 2. The second kappa shape index (κ2) is 9.98. The summed E-state index contributed by atoms with van der Waals surface area (Å²) in [7, 11) is 1.94. The Morgan fingerprint density at radius 2 is 1.71 bits per heavy atom. The molecule has 0 bridgehead atoms. The van der Waals surface area contributed by atoms with Crippen molar-refractivity contribution < 1.29 is 22.8 Å². The number of carbonyl (C=O) groups excluding carboxylic acids is 2. The summed E-state index contributed by atoms with van der Waals surface area (Å²) in [5.74, 6) is -1.39. The van der Waals surface area contributed by atoms with Gasteiger partial charge in [-0.05, 0) is 82.0 Å². The molecule has 0 aromatic rings. The summed E-state index contributed by atoms with van der Waals surface area (Å²) in [6.45, 7) is 6.95. The highest BCUT2D eigenvalue weighted by Gasteiger charge is 2.49. The fourth-order valence-corrected chi connectivity index (χ4v) is 7.44. The van der Waals surface area contributed by atoms with Crippen LogP contribution in [0.5, 0.6) is 0 Å². The Morgan fingerprint density at radius 3 is 2.41 bits per heavy atom. The molecule has 2 heterocycles. The van der Waals surface area contributed by atoms with E-state index in [2.05, 4.69) is 24.5 Å². The van der Waals surface area contributed by atoms with Crippen molar-refractivity contribution in [2.24, 2.45) is 41.4 Å². The third-order valence-electron chi connectivity index (χ3n) is 9.69. The van der Waals surface area contributed by atoms with Gasteiger partial charge in [-0.2, -0.15) is 13.2 Å². The van der Waals surface area contributed by atoms with Crippen LogP contribution in [0.2, 0.25) is 0 Å². The van der Waals surface area contributed by atoms with Gasteiger partial charge < -0.3 is 15.5 Å². The summed E-state index contributed by atoms with van der Waals surface area (Å²) in [6, 6.07) is 0.656. The predicted octanol–water partition coefficient (Wildman–Crippen LogP) is 4.37. The van der Waals surface area contributed by atoms with E-state index in [1.54, 1.807) is 6.92 Å². The lowest BCUT2D eigenvalue weighted by Gasteiger charge is -2.50. The Kier molecular flexibility index (Phi) is 7.56. The predicted molar refractivity (Wildman–Crippen MR) is 125 cm³/mol. The SMILES string of the molecule is CC1CC2C(CN1)CC(C1CC(NC(=O)C3CCC(C)C(C(F)(F)F)C3)CCC1C)C(=O)N2C. The summed E-state index contributed by atoms with van der Waals surface area (Å²) < 4.78 is 40.3. The van der Waals surface area contributed by atoms with E-state index in [4.69, 9.17) is 0 Å². The Balaban J connectivity index is 1.38. The average Bonchev–Trinajstić information content (AvgIpc) is 2.77. The smallest absolute Gasteiger partial charge is 0.353 e. The number of piperidine rings is 2. The summed E-state index contributed by atoms with van der Waals surface area (Å²) in [4.78, 5) is 28.3. The van der Waals surface area contributed by atoms with Crippen LogP contribution in [0.15, 0.2) is 0 Å². The fraction of sp³-hybridized carbons (Fsp3) is 0.923. The van der Waals surface area contributed by atoms with Crippen molar-refractivity contribution in [3.8, 4) is 0 Å². The van der Waals surface area contributed by atoms with Crippen LogP contribution in [0, 0.1) is 41.4 Å². The molecule has 0 aromatic heterocycles. The highest BCUT2D eigenvalue weighted by Crippen LogP contribution is 2.45. The van der Waals surface area contributed by atoms with E-state index >= 15 is 0 Å². The number of amides is 2. The Bertz CT molecular complexity index is 760. The zero-order chi connectivity index (χ0) is 24.8. The first-order chi connectivity index (χ1) is 16.0. The molecule has 4 fully saturated rings. The molecule has 0 radical (unpaired) electrons. The van der Waals surface area contributed by atoms with Crippen molar-refractivity contribution in [2.45, 2.75) is 96.4 Å². The van der Waals surface area contributed by atoms with Crippen molar-refractivity contribution in [3.05, 3.63) is 0 Å². The zero-order valence-electron chi connectivity index (χ0n) is 21.0. The lowest BCUT2D eigenvalue weighted by atomic mass is 9.65. The van der Waals surface area contributed by atoms with E-state index < -0.39 is 23.9 Å². The first-order valence-corrected chi connectivity index (χ1v) is 13.3. The molecule has 2 aliphatic heterocycles. The fourth-order valence-electron chi connectivity index (χ4n) is 7.44. The number of hydrogen-bond donors (Lipinski definition) is 2. The number of nitrogens with zero attached hydrogens (tertiary/aromatic N) is 1. The van der Waals surface area contributed by atoms with E-state index in [0.717, 1.165) is 38.6 Å². The van der Waals surface area contributed by atoms with Gasteiger partial charge in [0.05, 0.1) is 5.92 Å². The lowest BCUT2D eigenvalue weighted by Crippen LogP contribution is -2.60. The van der Waals surface area contributed by atoms with Crippen LogP contribution < -0.4 is 10.6 Å². The maximum atomic E-state index is 13.4. The van der Waals surface area contributed by atoms with Gasteiger partial charge in [0.25, 0.3) is 0 Å². The normalized spacial score (nSPS) is 43.9. The van der Waals surface area contributed by atoms with Crippen molar-refractivity contribution in [1.29, 1.82) is 0 Å². The molecule has 2 saturated carbocycles. The molecular weight excluding hydrogens is 443 g/mol. The summed E-state index contributed by atoms with van der Waals surface area (Å²) in [6.07, 6.45) is 0.969. The highest BCUT2D eigenvalue weighted by molar-refractivity contribution is 5.80. The number of halogens is 3. The molecule has 2 N–H and O–H groups in total. The second-order valence-electron chi connectivity index (χ2n) is 12.0. The van der Waals surface area contributed by atoms with E-state index in [1.165, 1.54) is 0 Å². The van der Waals surface area contributed by atoms with Gasteiger partial charge in [-0.3, -0.25) is 9.59 Å². The molecule has 5 nitrogen and oxygen atoms in total. The molecule has 194 valence electrons. The van der Waals surface area contributed by atoms with Crippen LogP contribution in [0.4, 0.5) is 13.2 Å². The van der Waals surface area contributed by atoms with E-state index in [1.807, 2.05) is 11.9 Å². The number of hydrogen-bond acceptors (Lipinski definition) is 3. The van der Waals surface area contributed by atoms with Crippen molar-refractivity contribution in [1.82, 2.24) is 15.5 Å². The Hall–Kier alpha value is -1.31. The van der Waals surface area contributed by atoms with Crippen LogP contribution in [0.3, 0.4) is 0 Å². The van der Waals surface area contributed by atoms with Gasteiger partial charge in [0.1, 0.15) is 0 Å². The van der Waals surface area contributed by atoms with Crippen LogP contribution >= 0.6 is 0 Å². The maximum absolute atomic E-state index is 13.4. The third-order valence-corrected chi connectivity index (χ3v) is 9.69. The lowest BCUT2D eigenvalue weighted by molar-refractivity contribution is -0.198. The van der Waals surface area contributed by atoms with Gasteiger partial charge in [0, 0.05) is 43.6 Å². The molecule has 4 aliphatic rings. The monoisotopic (exact) mass is 485 g/mol. The largest absolute Gasteiger partial charge is 0.392 e. The number of nitrogens with one attached hydrogen (secondary N) is 2. The Labute approximate surface area is 202 Å². The minimum Gasteiger partial charge on any atom is -0.353 e. The highest BCUT2D eigenvalue weighted by atomic mass is 19.4. The van der Waals surface area contributed by atoms with Crippen molar-refractivity contribution in [3.63, 3.8) is 0 Å². The maximum Gasteiger partial charge on any atom is 0.392 e. The molecule has 10 atom stereocenters. The van der Waals surface area contributed by atoms with Crippen LogP contribution in [-0.2, 0) is 9.59 Å². The van der Waals surface area contributed by atoms with E-state index in [0.29, 0.717) is 36.8 Å². The molecule has 10 unspecified atom stereocenters. The van der Waals surface area contributed by atoms with Gasteiger partial charge in [-0.1, -0.05) is 13.8 Å². The second-order valence-corrected chi connectivity index (χ2v) is 12.0. The van der Waals surface area contributed by atoms with E-state index in [-0.39, 0.29) is 36.1 Å². The van der Waals surface area contributed by atoms with Gasteiger partial charge in [-0.15, -0.1) is 0 Å². The third kappa shape index (κ3) is 5.26. The molecule has 2 saturated heterocycles. The minimum absolute atomic E-state index is 0.0405. The standard InChI is InChI=1S/C26H42F3N3O2/c1-14-6-8-19(31-24(33)17-7-5-15(2)22(11-17)26(27,28)29)12-20(14)21-10-18-13-30-16(3)9-23(18)32(4)25(21)34/h14-23,30H,5-13H2,1-4H3,(H,31,33). The van der Waals surface area contributed by atoms with Gasteiger partial charge in [0.2, 0.25) is 11.8 Å². The number of alkyl halides is 3. The van der Waals surface area contributed by atoms with Crippen LogP contribution in [0.25, 0.3) is 0 Å². The molecule has 0 aromatic carbocycles. The Morgan fingerprint density at radius 1 is 1.00 bits per heavy atom. The van der Waals surface area contributed by atoms with Crippen LogP contribution in [0.1, 0.15) is 72.1 Å². The summed E-state index contributed by atoms with van der Waals surface area (Å²) in [5, 5.41) is 6.67. The first kappa shape index (κ1) is 25.8. The molecule has 2 aliphatic carbocycles. The molecule has 2 amide bonds. The number of fused-ring (bicyclic) bond motifs is 1. The van der Waals surface area contributed by atoms with Gasteiger partial charge in [0.15, 0.2) is 0 Å². The number of likely N-dealkylation sites (tertiary alicyclic amines) is 1. The van der Waals surface area contributed by atoms with Crippen molar-refractivity contribution in [2.75, 3.05) is 13.6 Å². The molecule has 4 rings (SSSR count). The molecular formula is C26H42F3N3O2. The topological polar surface area (TPSA) is 61.4 Å². The molecule has 0 spiro atoms. The zero-order valence-corrected chi connectivity index (χ0v) is 21.0. The summed E-state index contributed by atoms with van der Waals surface area (Å²) >= 11 is 0. The minimum atomic E-state index is -4.25. The molecule has 34 heavy (non-hydrogen) atoms. The van der Waals surface area contributed by atoms with Gasteiger partial charge >= 0.3 is 6.18 Å². The van der Waals surface area contributed by atoms with Crippen molar-refractivity contribution >= 4 is 11.8 Å². The molecule has 8 heteroatoms. The summed E-state index contributed by atoms with van der Waals surface area (Å²) in [5.41, 5.74) is 0. The van der Waals surface area contributed by atoms with Crippen LogP contribution in [-0.4, -0.2) is 54.6 Å².